The van der Waals surface area contributed by atoms with Crippen LogP contribution in [0.4, 0.5) is 0 Å². The fourth-order valence-electron chi connectivity index (χ4n) is 3.69. The van der Waals surface area contributed by atoms with E-state index in [1.807, 2.05) is 0 Å². The SMILES string of the molecule is CC(C)N(CCNS(=O)(=O)c1cc(C(=O)O)cc2c1CCCC2)C(C)C. The van der Waals surface area contributed by atoms with Gasteiger partial charge in [0.05, 0.1) is 10.5 Å². The quantitative estimate of drug-likeness (QED) is 0.722. The minimum Gasteiger partial charge on any atom is -0.478 e. The number of carboxylic acids is 1. The van der Waals surface area contributed by atoms with Gasteiger partial charge in [-0.15, -0.1) is 0 Å². The van der Waals surface area contributed by atoms with Gasteiger partial charge < -0.3 is 5.11 Å². The lowest BCUT2D eigenvalue weighted by atomic mass is 9.90. The fourth-order valence-corrected chi connectivity index (χ4v) is 5.05. The third-order valence-corrected chi connectivity index (χ3v) is 6.48. The summed E-state index contributed by atoms with van der Waals surface area (Å²) in [6.45, 7) is 9.24. The number of rotatable bonds is 8. The molecule has 0 saturated carbocycles. The summed E-state index contributed by atoms with van der Waals surface area (Å²) in [5.74, 6) is -1.10. The minimum absolute atomic E-state index is 0.0389. The predicted molar refractivity (Wildman–Crippen MR) is 102 cm³/mol. The van der Waals surface area contributed by atoms with E-state index in [4.69, 9.17) is 0 Å². The Labute approximate surface area is 156 Å². The maximum atomic E-state index is 12.9. The molecule has 0 amide bonds. The molecule has 0 heterocycles. The van der Waals surface area contributed by atoms with Crippen molar-refractivity contribution in [2.45, 2.75) is 70.4 Å². The first-order valence-electron chi connectivity index (χ1n) is 9.28. The van der Waals surface area contributed by atoms with Crippen LogP contribution in [0.5, 0.6) is 0 Å². The van der Waals surface area contributed by atoms with Crippen molar-refractivity contribution < 1.29 is 18.3 Å². The summed E-state index contributed by atoms with van der Waals surface area (Å²) in [6.07, 6.45) is 3.29. The van der Waals surface area contributed by atoms with E-state index in [1.165, 1.54) is 6.07 Å². The van der Waals surface area contributed by atoms with Crippen LogP contribution in [0.1, 0.15) is 62.0 Å². The van der Waals surface area contributed by atoms with Crippen LogP contribution < -0.4 is 4.72 Å². The number of sulfonamides is 1. The van der Waals surface area contributed by atoms with Gasteiger partial charge in [-0.05, 0) is 76.6 Å². The number of hydrogen-bond donors (Lipinski definition) is 2. The second-order valence-electron chi connectivity index (χ2n) is 7.45. The van der Waals surface area contributed by atoms with Gasteiger partial charge in [-0.2, -0.15) is 0 Å². The first-order chi connectivity index (χ1) is 12.1. The van der Waals surface area contributed by atoms with Gasteiger partial charge in [0.25, 0.3) is 0 Å². The summed E-state index contributed by atoms with van der Waals surface area (Å²) in [5.41, 5.74) is 1.66. The summed E-state index contributed by atoms with van der Waals surface area (Å²) in [6, 6.07) is 3.57. The number of fused-ring (bicyclic) bond motifs is 1. The van der Waals surface area contributed by atoms with Gasteiger partial charge >= 0.3 is 5.97 Å². The molecule has 0 aliphatic heterocycles. The molecule has 2 N–H and O–H groups in total. The van der Waals surface area contributed by atoms with E-state index in [0.717, 1.165) is 30.4 Å². The lowest BCUT2D eigenvalue weighted by Gasteiger charge is -2.30. The van der Waals surface area contributed by atoms with Crippen molar-refractivity contribution in [3.8, 4) is 0 Å². The number of aryl methyl sites for hydroxylation is 1. The van der Waals surface area contributed by atoms with E-state index in [2.05, 4.69) is 37.3 Å². The van der Waals surface area contributed by atoms with Crippen LogP contribution in [0.3, 0.4) is 0 Å². The average Bonchev–Trinajstić information content (AvgIpc) is 2.56. The molecular weight excluding hydrogens is 352 g/mol. The summed E-state index contributed by atoms with van der Waals surface area (Å²) in [4.78, 5) is 13.7. The smallest absolute Gasteiger partial charge is 0.335 e. The van der Waals surface area contributed by atoms with Crippen molar-refractivity contribution in [3.63, 3.8) is 0 Å². The molecule has 0 spiro atoms. The number of nitrogens with zero attached hydrogens (tertiary/aromatic N) is 1. The number of carbonyl (C=O) groups is 1. The van der Waals surface area contributed by atoms with Crippen molar-refractivity contribution in [1.29, 1.82) is 0 Å². The Hall–Kier alpha value is -1.44. The molecule has 26 heavy (non-hydrogen) atoms. The highest BCUT2D eigenvalue weighted by atomic mass is 32.2. The maximum absolute atomic E-state index is 12.9. The van der Waals surface area contributed by atoms with E-state index in [0.29, 0.717) is 31.6 Å². The van der Waals surface area contributed by atoms with E-state index in [1.54, 1.807) is 6.07 Å². The van der Waals surface area contributed by atoms with Crippen molar-refractivity contribution in [2.75, 3.05) is 13.1 Å². The molecule has 0 radical (unpaired) electrons. The lowest BCUT2D eigenvalue weighted by Crippen LogP contribution is -2.42. The zero-order valence-electron chi connectivity index (χ0n) is 16.1. The topological polar surface area (TPSA) is 86.7 Å². The van der Waals surface area contributed by atoms with Gasteiger partial charge in [0, 0.05) is 25.2 Å². The van der Waals surface area contributed by atoms with Crippen LogP contribution in [0, 0.1) is 0 Å². The predicted octanol–water partition coefficient (Wildman–Crippen LogP) is 2.66. The van der Waals surface area contributed by atoms with E-state index in [-0.39, 0.29) is 10.5 Å². The van der Waals surface area contributed by atoms with Crippen LogP contribution >= 0.6 is 0 Å². The number of aromatic carboxylic acids is 1. The van der Waals surface area contributed by atoms with Crippen LogP contribution in [0.25, 0.3) is 0 Å². The highest BCUT2D eigenvalue weighted by molar-refractivity contribution is 7.89. The van der Waals surface area contributed by atoms with Crippen molar-refractivity contribution >= 4 is 16.0 Å². The molecule has 7 heteroatoms. The Morgan fingerprint density at radius 3 is 2.35 bits per heavy atom. The number of nitrogens with one attached hydrogen (secondary N) is 1. The van der Waals surface area contributed by atoms with E-state index >= 15 is 0 Å². The summed E-state index contributed by atoms with van der Waals surface area (Å²) >= 11 is 0. The third-order valence-electron chi connectivity index (χ3n) is 4.95. The van der Waals surface area contributed by atoms with Crippen LogP contribution in [0.2, 0.25) is 0 Å². The lowest BCUT2D eigenvalue weighted by molar-refractivity contribution is 0.0696. The molecule has 2 rings (SSSR count). The maximum Gasteiger partial charge on any atom is 0.335 e. The molecule has 1 aliphatic carbocycles. The van der Waals surface area contributed by atoms with E-state index < -0.39 is 16.0 Å². The Kier molecular flexibility index (Phi) is 6.82. The number of hydrogen-bond acceptors (Lipinski definition) is 4. The highest BCUT2D eigenvalue weighted by Gasteiger charge is 2.25. The molecule has 0 fully saturated rings. The molecule has 0 atom stereocenters. The van der Waals surface area contributed by atoms with Crippen LogP contribution in [-0.4, -0.2) is 49.6 Å². The molecule has 0 aromatic heterocycles. The summed E-state index contributed by atoms with van der Waals surface area (Å²) < 4.78 is 28.4. The second-order valence-corrected chi connectivity index (χ2v) is 9.18. The standard InChI is InChI=1S/C19H30N2O4S/c1-13(2)21(14(3)4)10-9-20-26(24,25)18-12-16(19(22)23)11-15-7-5-6-8-17(15)18/h11-14,20H,5-10H2,1-4H3,(H,22,23). The van der Waals surface area contributed by atoms with Crippen molar-refractivity contribution in [2.24, 2.45) is 0 Å². The Bertz CT molecular complexity index is 749. The van der Waals surface area contributed by atoms with Crippen LogP contribution in [-0.2, 0) is 22.9 Å². The van der Waals surface area contributed by atoms with Crippen LogP contribution in [0.15, 0.2) is 17.0 Å². The molecular formula is C19H30N2O4S. The van der Waals surface area contributed by atoms with Gasteiger partial charge in [0.2, 0.25) is 10.0 Å². The van der Waals surface area contributed by atoms with Gasteiger partial charge in [0.1, 0.15) is 0 Å². The first-order valence-corrected chi connectivity index (χ1v) is 10.8. The number of benzene rings is 1. The zero-order valence-corrected chi connectivity index (χ0v) is 16.9. The Morgan fingerprint density at radius 2 is 1.77 bits per heavy atom. The molecule has 0 unspecified atom stereocenters. The van der Waals surface area contributed by atoms with Gasteiger partial charge in [0.15, 0.2) is 0 Å². The summed E-state index contributed by atoms with van der Waals surface area (Å²) in [7, 11) is -3.74. The minimum atomic E-state index is -3.74. The van der Waals surface area contributed by atoms with Gasteiger partial charge in [-0.3, -0.25) is 4.90 Å². The normalized spacial score (nSPS) is 14.9. The molecule has 6 nitrogen and oxygen atoms in total. The second kappa shape index (κ2) is 8.50. The van der Waals surface area contributed by atoms with Gasteiger partial charge in [-0.1, -0.05) is 0 Å². The Balaban J connectivity index is 2.25. The fraction of sp³-hybridized carbons (Fsp3) is 0.632. The average molecular weight is 383 g/mol. The molecule has 146 valence electrons. The van der Waals surface area contributed by atoms with Crippen molar-refractivity contribution in [1.82, 2.24) is 9.62 Å². The monoisotopic (exact) mass is 382 g/mol. The molecule has 1 aromatic rings. The molecule has 0 saturated heterocycles. The summed E-state index contributed by atoms with van der Waals surface area (Å²) in [5, 5.41) is 9.33. The molecule has 0 bridgehead atoms. The zero-order chi connectivity index (χ0) is 19.5. The van der Waals surface area contributed by atoms with Gasteiger partial charge in [-0.25, -0.2) is 17.9 Å². The molecule has 1 aliphatic rings. The largest absolute Gasteiger partial charge is 0.478 e. The third kappa shape index (κ3) is 4.84. The molecule has 1 aromatic carbocycles. The first kappa shape index (κ1) is 20.9. The van der Waals surface area contributed by atoms with Crippen molar-refractivity contribution in [3.05, 3.63) is 28.8 Å². The number of carboxylic acid groups (broad SMARTS) is 1. The van der Waals surface area contributed by atoms with E-state index in [9.17, 15) is 18.3 Å². The highest BCUT2D eigenvalue weighted by Crippen LogP contribution is 2.29. The Morgan fingerprint density at radius 1 is 1.15 bits per heavy atom.